The van der Waals surface area contributed by atoms with Crippen LogP contribution in [0.4, 0.5) is 5.82 Å². The van der Waals surface area contributed by atoms with Crippen molar-refractivity contribution in [3.8, 4) is 11.3 Å². The molecule has 1 aliphatic heterocycles. The summed E-state index contributed by atoms with van der Waals surface area (Å²) in [7, 11) is 0. The summed E-state index contributed by atoms with van der Waals surface area (Å²) in [5.74, 6) is 0.758. The van der Waals surface area contributed by atoms with Gasteiger partial charge in [-0.3, -0.25) is 0 Å². The molecule has 0 aliphatic carbocycles. The molecule has 1 fully saturated rings. The zero-order valence-electron chi connectivity index (χ0n) is 11.2. The third-order valence-electron chi connectivity index (χ3n) is 3.37. The average molecular weight is 365 g/mol. The number of rotatable bonds is 3. The third-order valence-corrected chi connectivity index (χ3v) is 4.47. The summed E-state index contributed by atoms with van der Waals surface area (Å²) in [5.41, 5.74) is 0.601. The second kappa shape index (κ2) is 6.41. The number of halogens is 1. The van der Waals surface area contributed by atoms with Gasteiger partial charge in [-0.25, -0.2) is 9.97 Å². The molecule has 0 unspecified atom stereocenters. The predicted molar refractivity (Wildman–Crippen MR) is 84.6 cm³/mol. The zero-order valence-corrected chi connectivity index (χ0v) is 13.6. The number of hydrogen-bond acceptors (Lipinski definition) is 6. The van der Waals surface area contributed by atoms with E-state index in [2.05, 4.69) is 36.9 Å². The summed E-state index contributed by atoms with van der Waals surface area (Å²) in [6, 6.07) is 4.01. The molecule has 0 radical (unpaired) electrons. The largest absolute Gasteiger partial charge is 0.467 e. The van der Waals surface area contributed by atoms with Crippen LogP contribution in [0.5, 0.6) is 5.19 Å². The van der Waals surface area contributed by atoms with Crippen molar-refractivity contribution < 1.29 is 4.74 Å². The highest BCUT2D eigenvalue weighted by molar-refractivity contribution is 9.10. The molecule has 2 aromatic heterocycles. The Balaban J connectivity index is 1.65. The Morgan fingerprint density at radius 3 is 2.86 bits per heavy atom. The number of hydrogen-bond donors (Lipinski definition) is 0. The van der Waals surface area contributed by atoms with Crippen molar-refractivity contribution in [1.82, 2.24) is 9.97 Å². The van der Waals surface area contributed by atoms with Crippen molar-refractivity contribution in [2.24, 2.45) is 0 Å². The monoisotopic (exact) mass is 364 g/mol. The Morgan fingerprint density at radius 1 is 1.38 bits per heavy atom. The molecular weight excluding hydrogens is 352 g/mol. The molecule has 0 amide bonds. The Morgan fingerprint density at radius 2 is 2.19 bits per heavy atom. The van der Waals surface area contributed by atoms with Crippen LogP contribution in [0.1, 0.15) is 18.4 Å². The van der Waals surface area contributed by atoms with Crippen LogP contribution in [0.15, 0.2) is 28.3 Å². The van der Waals surface area contributed by atoms with Crippen molar-refractivity contribution in [2.45, 2.75) is 18.9 Å². The minimum atomic E-state index is 0.188. The van der Waals surface area contributed by atoms with Gasteiger partial charge in [0.05, 0.1) is 5.56 Å². The van der Waals surface area contributed by atoms with Gasteiger partial charge in [-0.05, 0) is 22.0 Å². The van der Waals surface area contributed by atoms with Crippen LogP contribution < -0.4 is 9.64 Å². The van der Waals surface area contributed by atoms with E-state index < -0.39 is 0 Å². The summed E-state index contributed by atoms with van der Waals surface area (Å²) in [4.78, 5) is 10.7. The number of nitriles is 1. The molecule has 3 rings (SSSR count). The predicted octanol–water partition coefficient (Wildman–Crippen LogP) is 3.22. The molecule has 1 saturated heterocycles. The Labute approximate surface area is 135 Å². The molecule has 0 N–H and O–H groups in total. The van der Waals surface area contributed by atoms with E-state index in [1.165, 1.54) is 11.3 Å². The zero-order chi connectivity index (χ0) is 14.7. The van der Waals surface area contributed by atoms with E-state index >= 15 is 0 Å². The van der Waals surface area contributed by atoms with Crippen LogP contribution in [0.2, 0.25) is 0 Å². The lowest BCUT2D eigenvalue weighted by atomic mass is 10.1. The normalized spacial score (nSPS) is 15.7. The van der Waals surface area contributed by atoms with Gasteiger partial charge >= 0.3 is 0 Å². The molecule has 7 heteroatoms. The lowest BCUT2D eigenvalue weighted by Gasteiger charge is -2.32. The van der Waals surface area contributed by atoms with Gasteiger partial charge in [0.1, 0.15) is 18.0 Å². The fourth-order valence-electron chi connectivity index (χ4n) is 2.36. The molecule has 0 aromatic carbocycles. The summed E-state index contributed by atoms with van der Waals surface area (Å²) < 4.78 is 6.67. The molecular formula is C14H13BrN4OS. The maximum atomic E-state index is 9.23. The first kappa shape index (κ1) is 14.3. The quantitative estimate of drug-likeness (QED) is 0.836. The number of anilines is 1. The molecule has 5 nitrogen and oxygen atoms in total. The molecule has 0 atom stereocenters. The Bertz CT molecular complexity index is 647. The van der Waals surface area contributed by atoms with Gasteiger partial charge in [-0.15, -0.1) is 0 Å². The van der Waals surface area contributed by atoms with E-state index in [9.17, 15) is 5.26 Å². The SMILES string of the molecule is N#Cc1cc(Br)cnc1N1CCC(Oc2nccs2)CC1. The lowest BCUT2D eigenvalue weighted by Crippen LogP contribution is -2.39. The number of piperidine rings is 1. The van der Waals surface area contributed by atoms with E-state index in [-0.39, 0.29) is 6.10 Å². The molecule has 0 saturated carbocycles. The highest BCUT2D eigenvalue weighted by atomic mass is 79.9. The second-order valence-corrected chi connectivity index (χ2v) is 6.51. The van der Waals surface area contributed by atoms with Crippen LogP contribution in [0.3, 0.4) is 0 Å². The van der Waals surface area contributed by atoms with Gasteiger partial charge in [-0.1, -0.05) is 11.3 Å². The van der Waals surface area contributed by atoms with E-state index in [1.54, 1.807) is 18.5 Å². The molecule has 1 aliphatic rings. The number of thiazole rings is 1. The third kappa shape index (κ3) is 3.34. The Kier molecular flexibility index (Phi) is 4.36. The Hall–Kier alpha value is -1.65. The van der Waals surface area contributed by atoms with Crippen LogP contribution in [-0.2, 0) is 0 Å². The average Bonchev–Trinajstić information content (AvgIpc) is 3.01. The number of aromatic nitrogens is 2. The maximum absolute atomic E-state index is 9.23. The highest BCUT2D eigenvalue weighted by Gasteiger charge is 2.23. The van der Waals surface area contributed by atoms with Gasteiger partial charge in [0.25, 0.3) is 5.19 Å². The fraction of sp³-hybridized carbons (Fsp3) is 0.357. The van der Waals surface area contributed by atoms with Crippen molar-refractivity contribution in [3.05, 3.63) is 33.9 Å². The van der Waals surface area contributed by atoms with Crippen molar-refractivity contribution in [3.63, 3.8) is 0 Å². The van der Waals surface area contributed by atoms with Gasteiger partial charge < -0.3 is 9.64 Å². The minimum absolute atomic E-state index is 0.188. The van der Waals surface area contributed by atoms with Gasteiger partial charge in [-0.2, -0.15) is 5.26 Å². The standard InChI is InChI=1S/C14H13BrN4OS/c15-11-7-10(8-16)13(18-9-11)19-4-1-12(2-5-19)20-14-17-3-6-21-14/h3,6-7,9,12H,1-2,4-5H2. The van der Waals surface area contributed by atoms with E-state index in [4.69, 9.17) is 4.74 Å². The first-order chi connectivity index (χ1) is 10.3. The molecule has 0 spiro atoms. The van der Waals surface area contributed by atoms with Gasteiger partial charge in [0.15, 0.2) is 0 Å². The summed E-state index contributed by atoms with van der Waals surface area (Å²) >= 11 is 4.86. The van der Waals surface area contributed by atoms with Crippen molar-refractivity contribution in [1.29, 1.82) is 5.26 Å². The minimum Gasteiger partial charge on any atom is -0.467 e. The first-order valence-electron chi connectivity index (χ1n) is 6.63. The topological polar surface area (TPSA) is 62.0 Å². The maximum Gasteiger partial charge on any atom is 0.273 e. The summed E-state index contributed by atoms with van der Waals surface area (Å²) in [6.45, 7) is 1.67. The number of nitrogens with zero attached hydrogens (tertiary/aromatic N) is 4. The molecule has 0 bridgehead atoms. The van der Waals surface area contributed by atoms with E-state index in [1.807, 2.05) is 5.38 Å². The van der Waals surface area contributed by atoms with Crippen LogP contribution in [-0.4, -0.2) is 29.2 Å². The first-order valence-corrected chi connectivity index (χ1v) is 8.30. The lowest BCUT2D eigenvalue weighted by molar-refractivity contribution is 0.170. The van der Waals surface area contributed by atoms with E-state index in [0.29, 0.717) is 5.56 Å². The van der Waals surface area contributed by atoms with Gasteiger partial charge in [0, 0.05) is 48.2 Å². The number of pyridine rings is 1. The molecule has 2 aromatic rings. The van der Waals surface area contributed by atoms with Gasteiger partial charge in [0.2, 0.25) is 0 Å². The van der Waals surface area contributed by atoms with Crippen molar-refractivity contribution >= 4 is 33.1 Å². The second-order valence-electron chi connectivity index (χ2n) is 4.74. The molecule has 108 valence electrons. The fourth-order valence-corrected chi connectivity index (χ4v) is 3.25. The smallest absolute Gasteiger partial charge is 0.273 e. The van der Waals surface area contributed by atoms with Crippen LogP contribution >= 0.6 is 27.3 Å². The summed E-state index contributed by atoms with van der Waals surface area (Å²) in [5, 5.41) is 11.9. The number of ether oxygens (including phenoxy) is 1. The van der Waals surface area contributed by atoms with E-state index in [0.717, 1.165) is 41.4 Å². The highest BCUT2D eigenvalue weighted by Crippen LogP contribution is 2.26. The summed E-state index contributed by atoms with van der Waals surface area (Å²) in [6.07, 6.45) is 5.48. The van der Waals surface area contributed by atoms with Crippen LogP contribution in [0.25, 0.3) is 0 Å². The van der Waals surface area contributed by atoms with Crippen LogP contribution in [0, 0.1) is 11.3 Å². The van der Waals surface area contributed by atoms with Crippen molar-refractivity contribution in [2.75, 3.05) is 18.0 Å². The molecule has 3 heterocycles. The molecule has 21 heavy (non-hydrogen) atoms.